The zero-order valence-corrected chi connectivity index (χ0v) is 17.1. The summed E-state index contributed by atoms with van der Waals surface area (Å²) in [4.78, 5) is 38.7. The van der Waals surface area contributed by atoms with Crippen LogP contribution in [0.4, 0.5) is 4.39 Å². The van der Waals surface area contributed by atoms with Crippen molar-refractivity contribution in [2.24, 2.45) is 0 Å². The molecule has 7 nitrogen and oxygen atoms in total. The van der Waals surface area contributed by atoms with Crippen LogP contribution in [-0.4, -0.2) is 26.3 Å². The second-order valence-electron chi connectivity index (χ2n) is 7.18. The molecule has 0 aliphatic heterocycles. The minimum atomic E-state index is -0.777. The molecule has 0 spiro atoms. The normalized spacial score (nSPS) is 11.9. The van der Waals surface area contributed by atoms with Crippen molar-refractivity contribution in [3.8, 4) is 5.69 Å². The molecule has 0 unspecified atom stereocenters. The Hall–Kier alpha value is -3.55. The first-order chi connectivity index (χ1) is 14.3. The first-order valence-corrected chi connectivity index (χ1v) is 9.66. The summed E-state index contributed by atoms with van der Waals surface area (Å²) in [6, 6.07) is 12.3. The molecule has 0 radical (unpaired) electrons. The van der Waals surface area contributed by atoms with Crippen molar-refractivity contribution in [3.63, 3.8) is 0 Å². The molecule has 0 aliphatic carbocycles. The Morgan fingerprint density at radius 1 is 1.17 bits per heavy atom. The van der Waals surface area contributed by atoms with E-state index in [0.717, 1.165) is 20.4 Å². The molecule has 0 saturated carbocycles. The Morgan fingerprint density at radius 2 is 1.87 bits per heavy atom. The van der Waals surface area contributed by atoms with Gasteiger partial charge in [0.2, 0.25) is 5.69 Å². The second-order valence-corrected chi connectivity index (χ2v) is 7.18. The van der Waals surface area contributed by atoms with Crippen LogP contribution in [0.2, 0.25) is 0 Å². The van der Waals surface area contributed by atoms with Gasteiger partial charge in [0.05, 0.1) is 12.2 Å². The SMILES string of the molecule is CC[C@@H](C)NC(=O)c1nn(-c2ccc(F)cc2)c(=O)n(Cc2cccc(C)c2)c1=O. The van der Waals surface area contributed by atoms with E-state index in [1.165, 1.54) is 24.3 Å². The molecule has 0 aliphatic rings. The summed E-state index contributed by atoms with van der Waals surface area (Å²) in [6.07, 6.45) is 0.667. The Morgan fingerprint density at radius 3 is 2.50 bits per heavy atom. The molecule has 8 heteroatoms. The molecule has 0 fully saturated rings. The lowest BCUT2D eigenvalue weighted by atomic mass is 10.1. The fourth-order valence-electron chi connectivity index (χ4n) is 2.93. The molecule has 1 atom stereocenters. The first-order valence-electron chi connectivity index (χ1n) is 9.66. The highest BCUT2D eigenvalue weighted by Crippen LogP contribution is 2.07. The van der Waals surface area contributed by atoms with E-state index in [1.807, 2.05) is 32.0 Å². The van der Waals surface area contributed by atoms with Crippen LogP contribution in [0, 0.1) is 12.7 Å². The maximum atomic E-state index is 13.3. The van der Waals surface area contributed by atoms with E-state index >= 15 is 0 Å². The van der Waals surface area contributed by atoms with Crippen molar-refractivity contribution >= 4 is 5.91 Å². The van der Waals surface area contributed by atoms with Gasteiger partial charge in [-0.05, 0) is 50.1 Å². The molecule has 1 amide bonds. The number of aromatic nitrogens is 3. The highest BCUT2D eigenvalue weighted by atomic mass is 19.1. The zero-order valence-electron chi connectivity index (χ0n) is 17.1. The van der Waals surface area contributed by atoms with Crippen LogP contribution in [0.1, 0.15) is 41.9 Å². The highest BCUT2D eigenvalue weighted by Gasteiger charge is 2.21. The summed E-state index contributed by atoms with van der Waals surface area (Å²) >= 11 is 0. The number of benzene rings is 2. The minimum absolute atomic E-state index is 0.0212. The van der Waals surface area contributed by atoms with Gasteiger partial charge in [-0.1, -0.05) is 36.8 Å². The summed E-state index contributed by atoms with van der Waals surface area (Å²) < 4.78 is 15.2. The summed E-state index contributed by atoms with van der Waals surface area (Å²) in [6.45, 7) is 5.58. The van der Waals surface area contributed by atoms with E-state index in [9.17, 15) is 18.8 Å². The van der Waals surface area contributed by atoms with Crippen LogP contribution in [-0.2, 0) is 6.54 Å². The molecule has 0 saturated heterocycles. The Bertz CT molecular complexity index is 1180. The largest absolute Gasteiger partial charge is 0.352 e. The van der Waals surface area contributed by atoms with Gasteiger partial charge in [-0.2, -0.15) is 9.78 Å². The van der Waals surface area contributed by atoms with Gasteiger partial charge in [0.15, 0.2) is 0 Å². The molecular weight excluding hydrogens is 387 g/mol. The number of nitrogens with zero attached hydrogens (tertiary/aromatic N) is 3. The third kappa shape index (κ3) is 4.53. The molecule has 1 heterocycles. The van der Waals surface area contributed by atoms with E-state index in [-0.39, 0.29) is 18.3 Å². The Labute approximate surface area is 172 Å². The topological polar surface area (TPSA) is 86.0 Å². The molecule has 30 heavy (non-hydrogen) atoms. The van der Waals surface area contributed by atoms with Crippen molar-refractivity contribution in [2.75, 3.05) is 0 Å². The average Bonchev–Trinajstić information content (AvgIpc) is 2.72. The predicted octanol–water partition coefficient (Wildman–Crippen LogP) is 2.42. The fraction of sp³-hybridized carbons (Fsp3) is 0.273. The lowest BCUT2D eigenvalue weighted by molar-refractivity contribution is 0.0929. The molecule has 0 bridgehead atoms. The number of nitrogens with one attached hydrogen (secondary N) is 1. The Balaban J connectivity index is 2.18. The number of carbonyl (C=O) groups is 1. The van der Waals surface area contributed by atoms with Gasteiger partial charge < -0.3 is 5.32 Å². The van der Waals surface area contributed by atoms with Gasteiger partial charge in [-0.15, -0.1) is 0 Å². The smallest absolute Gasteiger partial charge is 0.348 e. The Kier molecular flexibility index (Phi) is 6.25. The molecule has 3 aromatic rings. The number of hydrogen-bond donors (Lipinski definition) is 1. The van der Waals surface area contributed by atoms with Crippen molar-refractivity contribution in [3.05, 3.63) is 92.0 Å². The van der Waals surface area contributed by atoms with Crippen LogP contribution >= 0.6 is 0 Å². The number of halogens is 1. The van der Waals surface area contributed by atoms with Crippen LogP contribution in [0.3, 0.4) is 0 Å². The molecular formula is C22H23FN4O3. The van der Waals surface area contributed by atoms with Crippen LogP contribution in [0.25, 0.3) is 5.69 Å². The van der Waals surface area contributed by atoms with Crippen molar-refractivity contribution in [1.82, 2.24) is 19.7 Å². The summed E-state index contributed by atoms with van der Waals surface area (Å²) in [5.41, 5.74) is 0.0697. The van der Waals surface area contributed by atoms with Gasteiger partial charge in [0.1, 0.15) is 5.82 Å². The van der Waals surface area contributed by atoms with E-state index < -0.39 is 28.7 Å². The summed E-state index contributed by atoms with van der Waals surface area (Å²) in [7, 11) is 0. The average molecular weight is 410 g/mol. The van der Waals surface area contributed by atoms with E-state index in [2.05, 4.69) is 10.4 Å². The van der Waals surface area contributed by atoms with Gasteiger partial charge in [0, 0.05) is 6.04 Å². The van der Waals surface area contributed by atoms with Crippen molar-refractivity contribution in [2.45, 2.75) is 39.8 Å². The third-order valence-corrected chi connectivity index (χ3v) is 4.76. The summed E-state index contributed by atoms with van der Waals surface area (Å²) in [5.74, 6) is -1.14. The quantitative estimate of drug-likeness (QED) is 0.676. The number of aryl methyl sites for hydroxylation is 1. The van der Waals surface area contributed by atoms with Gasteiger partial charge in [0.25, 0.3) is 11.5 Å². The number of amides is 1. The third-order valence-electron chi connectivity index (χ3n) is 4.76. The van der Waals surface area contributed by atoms with Crippen molar-refractivity contribution < 1.29 is 9.18 Å². The second kappa shape index (κ2) is 8.86. The fourth-order valence-corrected chi connectivity index (χ4v) is 2.93. The number of hydrogen-bond acceptors (Lipinski definition) is 4. The minimum Gasteiger partial charge on any atom is -0.348 e. The number of carbonyl (C=O) groups excluding carboxylic acids is 1. The molecule has 3 rings (SSSR count). The van der Waals surface area contributed by atoms with Crippen LogP contribution in [0.15, 0.2) is 58.1 Å². The monoisotopic (exact) mass is 410 g/mol. The molecule has 2 aromatic carbocycles. The van der Waals surface area contributed by atoms with E-state index in [0.29, 0.717) is 6.42 Å². The van der Waals surface area contributed by atoms with Gasteiger partial charge >= 0.3 is 5.69 Å². The maximum Gasteiger partial charge on any atom is 0.352 e. The van der Waals surface area contributed by atoms with E-state index in [4.69, 9.17) is 0 Å². The highest BCUT2D eigenvalue weighted by molar-refractivity contribution is 5.91. The van der Waals surface area contributed by atoms with Gasteiger partial charge in [-0.25, -0.2) is 9.18 Å². The maximum absolute atomic E-state index is 13.3. The summed E-state index contributed by atoms with van der Waals surface area (Å²) in [5, 5.41) is 6.72. The van der Waals surface area contributed by atoms with E-state index in [1.54, 1.807) is 13.0 Å². The predicted molar refractivity (Wildman–Crippen MR) is 112 cm³/mol. The van der Waals surface area contributed by atoms with Gasteiger partial charge in [-0.3, -0.25) is 14.2 Å². The lowest BCUT2D eigenvalue weighted by Crippen LogP contribution is -2.47. The lowest BCUT2D eigenvalue weighted by Gasteiger charge is -2.14. The van der Waals surface area contributed by atoms with Crippen LogP contribution in [0.5, 0.6) is 0 Å². The molecule has 156 valence electrons. The number of rotatable bonds is 6. The zero-order chi connectivity index (χ0) is 21.8. The first kappa shape index (κ1) is 21.2. The molecule has 1 N–H and O–H groups in total. The van der Waals surface area contributed by atoms with Crippen molar-refractivity contribution in [1.29, 1.82) is 0 Å². The standard InChI is InChI=1S/C22H23FN4O3/c1-4-15(3)24-20(28)19-21(29)26(13-16-7-5-6-14(2)12-16)22(30)27(25-19)18-10-8-17(23)9-11-18/h5-12,15H,4,13H2,1-3H3,(H,24,28)/t15-/m1/s1. The molecule has 1 aromatic heterocycles. The van der Waals surface area contributed by atoms with Crippen LogP contribution < -0.4 is 16.6 Å².